The quantitative estimate of drug-likeness (QED) is 0.771. The number of rotatable bonds is 1. The Kier molecular flexibility index (Phi) is 2.56. The summed E-state index contributed by atoms with van der Waals surface area (Å²) in [6, 6.07) is 7.63. The summed E-state index contributed by atoms with van der Waals surface area (Å²) in [5.41, 5.74) is 0.0396. The number of hydrogen-bond acceptors (Lipinski definition) is 1. The first-order chi connectivity index (χ1) is 6.97. The van der Waals surface area contributed by atoms with E-state index in [-0.39, 0.29) is 5.41 Å². The van der Waals surface area contributed by atoms with Crippen molar-refractivity contribution in [2.75, 3.05) is 0 Å². The minimum absolute atomic E-state index is 0.0853. The average molecular weight is 225 g/mol. The first-order valence-electron chi connectivity index (χ1n) is 5.45. The van der Waals surface area contributed by atoms with E-state index in [0.717, 1.165) is 24.8 Å². The lowest BCUT2D eigenvalue weighted by Gasteiger charge is -2.37. The molecule has 1 saturated carbocycles. The van der Waals surface area contributed by atoms with E-state index in [1.807, 2.05) is 24.3 Å². The van der Waals surface area contributed by atoms with E-state index in [1.54, 1.807) is 0 Å². The van der Waals surface area contributed by atoms with Crippen LogP contribution in [0.15, 0.2) is 24.3 Å². The molecular formula is C13H17ClO. The lowest BCUT2D eigenvalue weighted by molar-refractivity contribution is -0.0484. The number of hydrogen-bond donors (Lipinski definition) is 1. The highest BCUT2D eigenvalue weighted by atomic mass is 35.5. The fraction of sp³-hybridized carbons (Fsp3) is 0.538. The van der Waals surface area contributed by atoms with E-state index in [0.29, 0.717) is 5.02 Å². The zero-order valence-electron chi connectivity index (χ0n) is 9.26. The second-order valence-electron chi connectivity index (χ2n) is 5.08. The largest absolute Gasteiger partial charge is 0.385 e. The van der Waals surface area contributed by atoms with Crippen LogP contribution >= 0.6 is 11.6 Å². The molecule has 0 radical (unpaired) electrons. The predicted molar refractivity (Wildman–Crippen MR) is 63.0 cm³/mol. The van der Waals surface area contributed by atoms with Crippen molar-refractivity contribution in [3.63, 3.8) is 0 Å². The molecule has 1 nitrogen and oxygen atoms in total. The van der Waals surface area contributed by atoms with Gasteiger partial charge < -0.3 is 5.11 Å². The van der Waals surface area contributed by atoms with E-state index in [4.69, 9.17) is 11.6 Å². The fourth-order valence-corrected chi connectivity index (χ4v) is 2.92. The van der Waals surface area contributed by atoms with Crippen molar-refractivity contribution in [1.82, 2.24) is 0 Å². The topological polar surface area (TPSA) is 20.2 Å². The third kappa shape index (κ3) is 1.58. The minimum atomic E-state index is -0.759. The molecule has 82 valence electrons. The Morgan fingerprint density at radius 1 is 1.20 bits per heavy atom. The Labute approximate surface area is 96.1 Å². The van der Waals surface area contributed by atoms with Crippen LogP contribution in [-0.2, 0) is 5.60 Å². The summed E-state index contributed by atoms with van der Waals surface area (Å²) >= 11 is 6.16. The first-order valence-corrected chi connectivity index (χ1v) is 5.83. The first kappa shape index (κ1) is 11.0. The lowest BCUT2D eigenvalue weighted by Crippen LogP contribution is -2.37. The molecule has 15 heavy (non-hydrogen) atoms. The van der Waals surface area contributed by atoms with Gasteiger partial charge in [-0.05, 0) is 30.7 Å². The molecule has 1 atom stereocenters. The van der Waals surface area contributed by atoms with Gasteiger partial charge >= 0.3 is 0 Å². The van der Waals surface area contributed by atoms with Crippen molar-refractivity contribution in [3.8, 4) is 0 Å². The maximum atomic E-state index is 10.8. The highest BCUT2D eigenvalue weighted by Crippen LogP contribution is 2.53. The van der Waals surface area contributed by atoms with Crippen LogP contribution in [0.4, 0.5) is 0 Å². The van der Waals surface area contributed by atoms with E-state index in [1.165, 1.54) is 0 Å². The Hall–Kier alpha value is -0.530. The molecule has 0 heterocycles. The molecule has 0 bridgehead atoms. The van der Waals surface area contributed by atoms with Crippen LogP contribution in [0.5, 0.6) is 0 Å². The van der Waals surface area contributed by atoms with Crippen LogP contribution in [0, 0.1) is 5.41 Å². The summed E-state index contributed by atoms with van der Waals surface area (Å²) in [7, 11) is 0. The smallest absolute Gasteiger partial charge is 0.0961 e. The molecule has 1 aromatic rings. The van der Waals surface area contributed by atoms with E-state index in [9.17, 15) is 5.11 Å². The average Bonchev–Trinajstić information content (AvgIpc) is 2.43. The Morgan fingerprint density at radius 2 is 1.87 bits per heavy atom. The van der Waals surface area contributed by atoms with E-state index in [2.05, 4.69) is 13.8 Å². The fourth-order valence-electron chi connectivity index (χ4n) is 2.63. The molecule has 1 aliphatic rings. The van der Waals surface area contributed by atoms with Gasteiger partial charge in [-0.2, -0.15) is 0 Å². The maximum Gasteiger partial charge on any atom is 0.0961 e. The molecular weight excluding hydrogens is 208 g/mol. The van der Waals surface area contributed by atoms with Crippen LogP contribution in [-0.4, -0.2) is 5.11 Å². The number of benzene rings is 1. The van der Waals surface area contributed by atoms with Crippen LogP contribution in [0.1, 0.15) is 38.7 Å². The van der Waals surface area contributed by atoms with Gasteiger partial charge in [0.25, 0.3) is 0 Å². The SMILES string of the molecule is CC1(C)CCCC1(O)c1ccccc1Cl. The van der Waals surface area contributed by atoms with Gasteiger partial charge in [-0.15, -0.1) is 0 Å². The molecule has 1 aliphatic carbocycles. The summed E-state index contributed by atoms with van der Waals surface area (Å²) in [6.45, 7) is 4.23. The highest BCUT2D eigenvalue weighted by Gasteiger charge is 2.49. The second-order valence-corrected chi connectivity index (χ2v) is 5.48. The van der Waals surface area contributed by atoms with Crippen molar-refractivity contribution < 1.29 is 5.11 Å². The molecule has 0 saturated heterocycles. The van der Waals surface area contributed by atoms with Crippen LogP contribution in [0.2, 0.25) is 5.02 Å². The van der Waals surface area contributed by atoms with Crippen molar-refractivity contribution >= 4 is 11.6 Å². The van der Waals surface area contributed by atoms with Gasteiger partial charge in [-0.25, -0.2) is 0 Å². The summed E-state index contributed by atoms with van der Waals surface area (Å²) < 4.78 is 0. The molecule has 1 fully saturated rings. The van der Waals surface area contributed by atoms with Crippen molar-refractivity contribution in [2.24, 2.45) is 5.41 Å². The molecule has 1 unspecified atom stereocenters. The Morgan fingerprint density at radius 3 is 2.40 bits per heavy atom. The van der Waals surface area contributed by atoms with Crippen molar-refractivity contribution in [2.45, 2.75) is 38.7 Å². The summed E-state index contributed by atoms with van der Waals surface area (Å²) in [6.07, 6.45) is 2.92. The Balaban J connectivity index is 2.50. The summed E-state index contributed by atoms with van der Waals surface area (Å²) in [5, 5.41) is 11.5. The van der Waals surface area contributed by atoms with Gasteiger partial charge in [-0.3, -0.25) is 0 Å². The molecule has 1 aromatic carbocycles. The van der Waals surface area contributed by atoms with Gasteiger partial charge in [-0.1, -0.05) is 43.6 Å². The highest BCUT2D eigenvalue weighted by molar-refractivity contribution is 6.31. The normalized spacial score (nSPS) is 29.3. The number of halogens is 1. The summed E-state index contributed by atoms with van der Waals surface area (Å²) in [4.78, 5) is 0. The van der Waals surface area contributed by atoms with Gasteiger partial charge in [0.2, 0.25) is 0 Å². The van der Waals surface area contributed by atoms with Crippen LogP contribution in [0.25, 0.3) is 0 Å². The van der Waals surface area contributed by atoms with Gasteiger partial charge in [0, 0.05) is 10.6 Å². The van der Waals surface area contributed by atoms with Gasteiger partial charge in [0.05, 0.1) is 5.60 Å². The molecule has 0 amide bonds. The zero-order chi connectivity index (χ0) is 11.1. The minimum Gasteiger partial charge on any atom is -0.385 e. The van der Waals surface area contributed by atoms with E-state index < -0.39 is 5.60 Å². The molecule has 2 heteroatoms. The monoisotopic (exact) mass is 224 g/mol. The molecule has 0 spiro atoms. The van der Waals surface area contributed by atoms with Crippen LogP contribution in [0.3, 0.4) is 0 Å². The third-order valence-electron chi connectivity index (χ3n) is 3.78. The standard InChI is InChI=1S/C13H17ClO/c1-12(2)8-5-9-13(12,15)10-6-3-4-7-11(10)14/h3-4,6-7,15H,5,8-9H2,1-2H3. The number of aliphatic hydroxyl groups is 1. The second kappa shape index (κ2) is 3.50. The molecule has 0 aliphatic heterocycles. The zero-order valence-corrected chi connectivity index (χ0v) is 10.0. The van der Waals surface area contributed by atoms with Crippen LogP contribution < -0.4 is 0 Å². The maximum absolute atomic E-state index is 10.8. The molecule has 1 N–H and O–H groups in total. The Bertz CT molecular complexity index is 373. The molecule has 0 aromatic heterocycles. The van der Waals surface area contributed by atoms with Crippen molar-refractivity contribution in [3.05, 3.63) is 34.9 Å². The van der Waals surface area contributed by atoms with Gasteiger partial charge in [0.15, 0.2) is 0 Å². The van der Waals surface area contributed by atoms with Gasteiger partial charge in [0.1, 0.15) is 0 Å². The van der Waals surface area contributed by atoms with E-state index >= 15 is 0 Å². The third-order valence-corrected chi connectivity index (χ3v) is 4.11. The predicted octanol–water partition coefficient (Wildman–Crippen LogP) is 3.74. The lowest BCUT2D eigenvalue weighted by atomic mass is 9.73. The summed E-state index contributed by atoms with van der Waals surface area (Å²) in [5.74, 6) is 0. The van der Waals surface area contributed by atoms with Crippen molar-refractivity contribution in [1.29, 1.82) is 0 Å². The molecule has 2 rings (SSSR count).